The molecule has 0 unspecified atom stereocenters. The highest BCUT2D eigenvalue weighted by Gasteiger charge is 2.14. The van der Waals surface area contributed by atoms with Gasteiger partial charge in [-0.1, -0.05) is 13.8 Å². The first-order chi connectivity index (χ1) is 8.00. The number of carboxylic acids is 1. The highest BCUT2D eigenvalue weighted by atomic mass is 32.1. The third kappa shape index (κ3) is 4.44. The first kappa shape index (κ1) is 13.5. The molecule has 0 spiro atoms. The molecule has 2 N–H and O–H groups in total. The van der Waals surface area contributed by atoms with Crippen LogP contribution in [0.3, 0.4) is 0 Å². The molecule has 1 aromatic heterocycles. The van der Waals surface area contributed by atoms with Crippen LogP contribution in [0.4, 0.5) is 0 Å². The average Bonchev–Trinajstić information content (AvgIpc) is 2.71. The second kappa shape index (κ2) is 6.24. The van der Waals surface area contributed by atoms with Crippen LogP contribution < -0.4 is 10.1 Å². The number of nitrogens with one attached hydrogen (secondary N) is 1. The summed E-state index contributed by atoms with van der Waals surface area (Å²) in [6.45, 7) is 4.40. The van der Waals surface area contributed by atoms with Gasteiger partial charge in [-0.2, -0.15) is 0 Å². The maximum Gasteiger partial charge on any atom is 0.349 e. The maximum absolute atomic E-state index is 11.3. The zero-order valence-corrected chi connectivity index (χ0v) is 10.5. The van der Waals surface area contributed by atoms with E-state index in [-0.39, 0.29) is 23.1 Å². The first-order valence-electron chi connectivity index (χ1n) is 5.21. The van der Waals surface area contributed by atoms with Gasteiger partial charge in [0.15, 0.2) is 11.5 Å². The van der Waals surface area contributed by atoms with Crippen LogP contribution in [0.15, 0.2) is 11.4 Å². The quantitative estimate of drug-likeness (QED) is 0.811. The summed E-state index contributed by atoms with van der Waals surface area (Å²) in [5.41, 5.74) is 0. The predicted octanol–water partition coefficient (Wildman–Crippen LogP) is 1.60. The van der Waals surface area contributed by atoms with Crippen molar-refractivity contribution in [3.8, 4) is 5.75 Å². The largest absolute Gasteiger partial charge is 0.482 e. The molecule has 5 nitrogen and oxygen atoms in total. The van der Waals surface area contributed by atoms with Crippen LogP contribution in [0.5, 0.6) is 5.75 Å². The molecule has 17 heavy (non-hydrogen) atoms. The number of ether oxygens (including phenoxy) is 1. The Kier molecular flexibility index (Phi) is 4.96. The Labute approximate surface area is 103 Å². The van der Waals surface area contributed by atoms with E-state index in [0.717, 1.165) is 11.3 Å². The number of carbonyl (C=O) groups excluding carboxylic acids is 1. The summed E-state index contributed by atoms with van der Waals surface area (Å²) in [6, 6.07) is 1.55. The Morgan fingerprint density at radius 3 is 2.82 bits per heavy atom. The summed E-state index contributed by atoms with van der Waals surface area (Å²) >= 11 is 1.07. The van der Waals surface area contributed by atoms with Gasteiger partial charge in [0.05, 0.1) is 0 Å². The van der Waals surface area contributed by atoms with E-state index in [1.54, 1.807) is 11.4 Å². The first-order valence-corrected chi connectivity index (χ1v) is 6.09. The zero-order valence-electron chi connectivity index (χ0n) is 9.73. The van der Waals surface area contributed by atoms with Crippen molar-refractivity contribution >= 4 is 23.2 Å². The summed E-state index contributed by atoms with van der Waals surface area (Å²) in [6.07, 6.45) is 0. The summed E-state index contributed by atoms with van der Waals surface area (Å²) in [4.78, 5) is 22.2. The van der Waals surface area contributed by atoms with Crippen molar-refractivity contribution in [1.82, 2.24) is 5.32 Å². The van der Waals surface area contributed by atoms with Gasteiger partial charge in [0.2, 0.25) is 0 Å². The fourth-order valence-corrected chi connectivity index (χ4v) is 1.75. The highest BCUT2D eigenvalue weighted by Crippen LogP contribution is 2.24. The lowest BCUT2D eigenvalue weighted by atomic mass is 10.2. The topological polar surface area (TPSA) is 75.6 Å². The SMILES string of the molecule is CC(C)CNC(=O)COc1ccsc1C(=O)O. The van der Waals surface area contributed by atoms with Crippen molar-refractivity contribution in [3.05, 3.63) is 16.3 Å². The van der Waals surface area contributed by atoms with Gasteiger partial charge < -0.3 is 15.2 Å². The van der Waals surface area contributed by atoms with E-state index in [1.807, 2.05) is 13.8 Å². The second-order valence-electron chi connectivity index (χ2n) is 3.91. The predicted molar refractivity (Wildman–Crippen MR) is 64.6 cm³/mol. The minimum absolute atomic E-state index is 0.113. The molecule has 0 atom stereocenters. The van der Waals surface area contributed by atoms with E-state index in [1.165, 1.54) is 0 Å². The summed E-state index contributed by atoms with van der Waals surface area (Å²) < 4.78 is 5.15. The van der Waals surface area contributed by atoms with Crippen LogP contribution in [-0.2, 0) is 4.79 Å². The Bertz CT molecular complexity index is 400. The van der Waals surface area contributed by atoms with Gasteiger partial charge in [0, 0.05) is 6.54 Å². The van der Waals surface area contributed by atoms with Crippen LogP contribution >= 0.6 is 11.3 Å². The summed E-state index contributed by atoms with van der Waals surface area (Å²) in [5.74, 6) is -0.685. The van der Waals surface area contributed by atoms with Gasteiger partial charge >= 0.3 is 5.97 Å². The number of thiophene rings is 1. The van der Waals surface area contributed by atoms with Crippen LogP contribution in [0, 0.1) is 5.92 Å². The standard InChI is InChI=1S/C11H15NO4S/c1-7(2)5-12-9(13)6-16-8-3-4-17-10(8)11(14)15/h3-4,7H,5-6H2,1-2H3,(H,12,13)(H,14,15). The van der Waals surface area contributed by atoms with Crippen LogP contribution in [0.25, 0.3) is 0 Å². The van der Waals surface area contributed by atoms with Gasteiger partial charge in [0.1, 0.15) is 5.75 Å². The van der Waals surface area contributed by atoms with E-state index in [2.05, 4.69) is 5.32 Å². The molecule has 0 radical (unpaired) electrons. The Balaban J connectivity index is 2.42. The smallest absolute Gasteiger partial charge is 0.349 e. The molecule has 1 heterocycles. The molecule has 1 rings (SSSR count). The molecule has 0 saturated heterocycles. The third-order valence-corrected chi connectivity index (χ3v) is 2.77. The lowest BCUT2D eigenvalue weighted by Gasteiger charge is -2.08. The number of amides is 1. The Morgan fingerprint density at radius 2 is 2.24 bits per heavy atom. The van der Waals surface area contributed by atoms with Crippen LogP contribution in [0.2, 0.25) is 0 Å². The van der Waals surface area contributed by atoms with Gasteiger partial charge in [-0.3, -0.25) is 4.79 Å². The minimum atomic E-state index is -1.04. The Hall–Kier alpha value is -1.56. The van der Waals surface area contributed by atoms with E-state index < -0.39 is 5.97 Å². The highest BCUT2D eigenvalue weighted by molar-refractivity contribution is 7.12. The molecule has 0 aliphatic heterocycles. The van der Waals surface area contributed by atoms with Crippen molar-refractivity contribution in [2.24, 2.45) is 5.92 Å². The Morgan fingerprint density at radius 1 is 1.53 bits per heavy atom. The zero-order chi connectivity index (χ0) is 12.8. The van der Waals surface area contributed by atoms with Crippen molar-refractivity contribution in [3.63, 3.8) is 0 Å². The molecule has 0 saturated carbocycles. The molecule has 0 bridgehead atoms. The van der Waals surface area contributed by atoms with Crippen molar-refractivity contribution < 1.29 is 19.4 Å². The lowest BCUT2D eigenvalue weighted by Crippen LogP contribution is -2.31. The van der Waals surface area contributed by atoms with Crippen molar-refractivity contribution in [2.45, 2.75) is 13.8 Å². The van der Waals surface area contributed by atoms with E-state index in [4.69, 9.17) is 9.84 Å². The van der Waals surface area contributed by atoms with Gasteiger partial charge in [-0.25, -0.2) is 4.79 Å². The average molecular weight is 257 g/mol. The van der Waals surface area contributed by atoms with Gasteiger partial charge in [-0.15, -0.1) is 11.3 Å². The molecular formula is C11H15NO4S. The molecule has 1 aromatic rings. The molecule has 6 heteroatoms. The van der Waals surface area contributed by atoms with Gasteiger partial charge in [-0.05, 0) is 17.4 Å². The van der Waals surface area contributed by atoms with Gasteiger partial charge in [0.25, 0.3) is 5.91 Å². The molecular weight excluding hydrogens is 242 g/mol. The molecule has 1 amide bonds. The van der Waals surface area contributed by atoms with E-state index in [0.29, 0.717) is 12.5 Å². The fraction of sp³-hybridized carbons (Fsp3) is 0.455. The number of carbonyl (C=O) groups is 2. The second-order valence-corrected chi connectivity index (χ2v) is 4.82. The van der Waals surface area contributed by atoms with Crippen molar-refractivity contribution in [2.75, 3.05) is 13.2 Å². The van der Waals surface area contributed by atoms with Crippen LogP contribution in [0.1, 0.15) is 23.5 Å². The molecule has 0 aliphatic rings. The molecule has 0 fully saturated rings. The summed E-state index contributed by atoms with van der Waals surface area (Å²) in [5, 5.41) is 13.1. The van der Waals surface area contributed by atoms with Crippen LogP contribution in [-0.4, -0.2) is 30.1 Å². The third-order valence-electron chi connectivity index (χ3n) is 1.89. The van der Waals surface area contributed by atoms with E-state index >= 15 is 0 Å². The maximum atomic E-state index is 11.3. The molecule has 0 aliphatic carbocycles. The van der Waals surface area contributed by atoms with E-state index in [9.17, 15) is 9.59 Å². The monoisotopic (exact) mass is 257 g/mol. The number of aromatic carboxylic acids is 1. The summed E-state index contributed by atoms with van der Waals surface area (Å²) in [7, 11) is 0. The number of hydrogen-bond donors (Lipinski definition) is 2. The molecule has 0 aromatic carbocycles. The number of hydrogen-bond acceptors (Lipinski definition) is 4. The lowest BCUT2D eigenvalue weighted by molar-refractivity contribution is -0.123. The minimum Gasteiger partial charge on any atom is -0.482 e. The molecule has 94 valence electrons. The fourth-order valence-electron chi connectivity index (χ4n) is 1.08. The normalized spacial score (nSPS) is 10.3. The van der Waals surface area contributed by atoms with Crippen molar-refractivity contribution in [1.29, 1.82) is 0 Å². The number of carboxylic acid groups (broad SMARTS) is 1. The number of rotatable bonds is 6.